The first-order chi connectivity index (χ1) is 17.5. The van der Waals surface area contributed by atoms with Crippen LogP contribution in [0, 0.1) is 0 Å². The zero-order valence-electron chi connectivity index (χ0n) is 21.2. The maximum absolute atomic E-state index is 12.3. The first-order valence-corrected chi connectivity index (χ1v) is 11.3. The van der Waals surface area contributed by atoms with E-state index in [-0.39, 0.29) is 17.9 Å². The molecule has 2 aromatic carbocycles. The predicted molar refractivity (Wildman–Crippen MR) is 136 cm³/mol. The van der Waals surface area contributed by atoms with E-state index in [1.807, 2.05) is 0 Å². The molecule has 0 amide bonds. The molecule has 0 saturated heterocycles. The van der Waals surface area contributed by atoms with Gasteiger partial charge in [-0.3, -0.25) is 9.59 Å². The number of hydrogen-bond donors (Lipinski definition) is 2. The van der Waals surface area contributed by atoms with Crippen LogP contribution >= 0.6 is 0 Å². The van der Waals surface area contributed by atoms with Crippen molar-refractivity contribution in [3.63, 3.8) is 0 Å². The molecular weight excluding hydrogens is 480 g/mol. The number of methoxy groups -OCH3 is 2. The Morgan fingerprint density at radius 1 is 0.784 bits per heavy atom. The summed E-state index contributed by atoms with van der Waals surface area (Å²) in [7, 11) is 2.85. The fourth-order valence-corrected chi connectivity index (χ4v) is 2.82. The van der Waals surface area contributed by atoms with Crippen molar-refractivity contribution in [2.75, 3.05) is 14.2 Å². The molecule has 0 unspecified atom stereocenters. The minimum Gasteiger partial charge on any atom is -0.493 e. The second kappa shape index (κ2) is 13.7. The van der Waals surface area contributed by atoms with E-state index < -0.39 is 35.6 Å². The van der Waals surface area contributed by atoms with Crippen molar-refractivity contribution < 1.29 is 43.9 Å². The Hall–Kier alpha value is -4.28. The monoisotopic (exact) mass is 511 g/mol. The third-order valence-corrected chi connectivity index (χ3v) is 4.84. The Labute approximate surface area is 214 Å². The van der Waals surface area contributed by atoms with Crippen LogP contribution in [0.5, 0.6) is 23.0 Å². The van der Waals surface area contributed by atoms with Crippen LogP contribution < -0.4 is 30.4 Å². The Balaban J connectivity index is 2.00. The molecule has 37 heavy (non-hydrogen) atoms. The number of carbonyl (C=O) groups is 4. The van der Waals surface area contributed by atoms with Gasteiger partial charge in [0.2, 0.25) is 0 Å². The van der Waals surface area contributed by atoms with Crippen LogP contribution in [0.1, 0.15) is 31.4 Å². The van der Waals surface area contributed by atoms with Gasteiger partial charge in [0.15, 0.2) is 40.6 Å². The van der Waals surface area contributed by atoms with E-state index in [0.29, 0.717) is 22.6 Å². The molecule has 2 aromatic rings. The van der Waals surface area contributed by atoms with Gasteiger partial charge in [0, 0.05) is 0 Å². The van der Waals surface area contributed by atoms with Gasteiger partial charge in [-0.05, 0) is 61.4 Å². The van der Waals surface area contributed by atoms with Crippen molar-refractivity contribution in [2.24, 2.45) is 5.73 Å². The average Bonchev–Trinajstić information content (AvgIpc) is 2.87. The van der Waals surface area contributed by atoms with Crippen LogP contribution in [-0.4, -0.2) is 49.8 Å². The summed E-state index contributed by atoms with van der Waals surface area (Å²) < 4.78 is 20.9. The second-order valence-corrected chi connectivity index (χ2v) is 8.13. The van der Waals surface area contributed by atoms with Gasteiger partial charge in [-0.2, -0.15) is 0 Å². The summed E-state index contributed by atoms with van der Waals surface area (Å²) in [4.78, 5) is 48.0. The topological polar surface area (TPSA) is 159 Å². The minimum atomic E-state index is -0.790. The molecule has 0 aromatic heterocycles. The van der Waals surface area contributed by atoms with Crippen LogP contribution in [0.15, 0.2) is 48.6 Å². The predicted octanol–water partition coefficient (Wildman–Crippen LogP) is 1.75. The summed E-state index contributed by atoms with van der Waals surface area (Å²) in [6.07, 6.45) is 5.29. The van der Waals surface area contributed by atoms with Crippen LogP contribution in [0.4, 0.5) is 0 Å². The normalized spacial score (nSPS) is 12.7. The highest BCUT2D eigenvalue weighted by molar-refractivity contribution is 6.10. The molecule has 5 N–H and O–H groups in total. The van der Waals surface area contributed by atoms with Gasteiger partial charge in [-0.25, -0.2) is 9.59 Å². The van der Waals surface area contributed by atoms with Gasteiger partial charge in [0.1, 0.15) is 6.04 Å². The fourth-order valence-electron chi connectivity index (χ4n) is 2.82. The number of ether oxygens (including phenoxy) is 4. The first kappa shape index (κ1) is 29.0. The molecule has 0 radical (unpaired) electrons. The summed E-state index contributed by atoms with van der Waals surface area (Å²) in [5.74, 6) is -0.853. The molecule has 196 valence electrons. The summed E-state index contributed by atoms with van der Waals surface area (Å²) >= 11 is 0. The molecule has 0 heterocycles. The number of nitrogens with two attached hydrogens (primary N) is 1. The summed E-state index contributed by atoms with van der Waals surface area (Å²) in [6.45, 7) is 3.12. The molecule has 0 spiro atoms. The Bertz CT molecular complexity index is 1120. The molecule has 0 saturated carbocycles. The van der Waals surface area contributed by atoms with Crippen molar-refractivity contribution in [2.45, 2.75) is 32.4 Å². The molecule has 0 fully saturated rings. The Morgan fingerprint density at radius 2 is 1.22 bits per heavy atom. The summed E-state index contributed by atoms with van der Waals surface area (Å²) in [5.41, 5.74) is 10.3. The second-order valence-electron chi connectivity index (χ2n) is 8.13. The SMILES string of the molecule is COc1cc(/C=C/C(=O)CC(=O)/C=C/c2ccc(OC(=O)[C@@H](C)[NH3+])c(OC)c2)ccc1OC(=O)[C@@H](C)N. The molecule has 0 aliphatic heterocycles. The summed E-state index contributed by atoms with van der Waals surface area (Å²) in [5, 5.41) is 0. The van der Waals surface area contributed by atoms with Crippen LogP contribution in [0.3, 0.4) is 0 Å². The van der Waals surface area contributed by atoms with E-state index in [4.69, 9.17) is 24.7 Å². The van der Waals surface area contributed by atoms with Gasteiger partial charge in [0.25, 0.3) is 0 Å². The molecule has 2 rings (SSSR count). The van der Waals surface area contributed by atoms with E-state index in [0.717, 1.165) is 0 Å². The number of rotatable bonds is 12. The van der Waals surface area contributed by atoms with Crippen LogP contribution in [0.2, 0.25) is 0 Å². The maximum atomic E-state index is 12.3. The fraction of sp³-hybridized carbons (Fsp3) is 0.259. The largest absolute Gasteiger partial charge is 0.493 e. The number of esters is 2. The average molecular weight is 512 g/mol. The molecular formula is C27H31N2O8+. The highest BCUT2D eigenvalue weighted by Gasteiger charge is 2.17. The van der Waals surface area contributed by atoms with Gasteiger partial charge in [-0.1, -0.05) is 24.3 Å². The Morgan fingerprint density at radius 3 is 1.59 bits per heavy atom. The van der Waals surface area contributed by atoms with E-state index in [1.54, 1.807) is 37.3 Å². The van der Waals surface area contributed by atoms with E-state index in [9.17, 15) is 19.2 Å². The number of carbonyl (C=O) groups excluding carboxylic acids is 4. The minimum absolute atomic E-state index is 0.202. The summed E-state index contributed by atoms with van der Waals surface area (Å²) in [6, 6.07) is 8.20. The quantitative estimate of drug-likeness (QED) is 0.187. The number of allylic oxidation sites excluding steroid dienone is 2. The lowest BCUT2D eigenvalue weighted by atomic mass is 10.1. The zero-order valence-corrected chi connectivity index (χ0v) is 21.2. The zero-order chi connectivity index (χ0) is 27.5. The number of benzene rings is 2. The van der Waals surface area contributed by atoms with Gasteiger partial charge >= 0.3 is 11.9 Å². The van der Waals surface area contributed by atoms with Gasteiger partial charge in [0.05, 0.1) is 20.6 Å². The first-order valence-electron chi connectivity index (χ1n) is 11.3. The maximum Gasteiger partial charge on any atom is 0.369 e. The van der Waals surface area contributed by atoms with Crippen molar-refractivity contribution in [1.82, 2.24) is 0 Å². The number of ketones is 2. The third kappa shape index (κ3) is 9.02. The smallest absolute Gasteiger partial charge is 0.369 e. The van der Waals surface area contributed by atoms with Crippen LogP contribution in [0.25, 0.3) is 12.2 Å². The van der Waals surface area contributed by atoms with Crippen LogP contribution in [-0.2, 0) is 19.2 Å². The molecule has 0 aliphatic carbocycles. The van der Waals surface area contributed by atoms with Crippen molar-refractivity contribution >= 4 is 35.7 Å². The standard InChI is InChI=1S/C27H30N2O8/c1-16(28)26(32)36-22-11-7-18(13-24(22)34-3)5-9-20(30)15-21(31)10-6-19-8-12-23(25(14-19)35-4)37-27(33)17(2)29/h5-14,16-17H,15,28-29H2,1-4H3/p+1/b9-5+,10-6+/t16-,17-/m1/s1. The number of hydrogen-bond acceptors (Lipinski definition) is 9. The highest BCUT2D eigenvalue weighted by Crippen LogP contribution is 2.30. The lowest BCUT2D eigenvalue weighted by Crippen LogP contribution is -2.64. The van der Waals surface area contributed by atoms with E-state index in [2.05, 4.69) is 5.73 Å². The van der Waals surface area contributed by atoms with E-state index >= 15 is 0 Å². The molecule has 2 atom stereocenters. The third-order valence-electron chi connectivity index (χ3n) is 4.84. The lowest BCUT2D eigenvalue weighted by Gasteiger charge is -2.11. The van der Waals surface area contributed by atoms with Crippen molar-refractivity contribution in [3.8, 4) is 23.0 Å². The molecule has 10 heteroatoms. The van der Waals surface area contributed by atoms with E-state index in [1.165, 1.54) is 51.5 Å². The van der Waals surface area contributed by atoms with Gasteiger partial charge < -0.3 is 30.4 Å². The molecule has 0 aliphatic rings. The number of quaternary nitrogens is 1. The van der Waals surface area contributed by atoms with Gasteiger partial charge in [-0.15, -0.1) is 0 Å². The highest BCUT2D eigenvalue weighted by atomic mass is 16.6. The molecule has 0 bridgehead atoms. The lowest BCUT2D eigenvalue weighted by molar-refractivity contribution is -0.401. The van der Waals surface area contributed by atoms with Crippen molar-refractivity contribution in [3.05, 3.63) is 59.7 Å². The molecule has 10 nitrogen and oxygen atoms in total. The Kier molecular flexibility index (Phi) is 10.7. The van der Waals surface area contributed by atoms with Crippen molar-refractivity contribution in [1.29, 1.82) is 0 Å².